The Morgan fingerprint density at radius 2 is 1.78 bits per heavy atom. The second-order valence-corrected chi connectivity index (χ2v) is 8.50. The SMILES string of the molecule is CCOC(=O)[C@H](Cc1ccc(NS(=O)(=O)CN)cc1)NC(=O)OC(C)(C)C. The van der Waals surface area contributed by atoms with Crippen molar-refractivity contribution in [3.63, 3.8) is 0 Å². The summed E-state index contributed by atoms with van der Waals surface area (Å²) in [7, 11) is -3.58. The fourth-order valence-electron chi connectivity index (χ4n) is 2.05. The monoisotopic (exact) mass is 401 g/mol. The molecule has 0 radical (unpaired) electrons. The summed E-state index contributed by atoms with van der Waals surface area (Å²) < 4.78 is 35.4. The van der Waals surface area contributed by atoms with Gasteiger partial charge in [-0.05, 0) is 45.4 Å². The number of nitrogens with one attached hydrogen (secondary N) is 2. The van der Waals surface area contributed by atoms with Gasteiger partial charge in [-0.3, -0.25) is 4.72 Å². The van der Waals surface area contributed by atoms with Crippen LogP contribution in [0.5, 0.6) is 0 Å². The van der Waals surface area contributed by atoms with E-state index < -0.39 is 39.6 Å². The Labute approximate surface area is 159 Å². The van der Waals surface area contributed by atoms with Gasteiger partial charge >= 0.3 is 12.1 Å². The van der Waals surface area contributed by atoms with Gasteiger partial charge in [0.1, 0.15) is 17.5 Å². The minimum atomic E-state index is -3.58. The van der Waals surface area contributed by atoms with Crippen molar-refractivity contribution in [1.82, 2.24) is 5.32 Å². The first-order valence-corrected chi connectivity index (χ1v) is 10.1. The van der Waals surface area contributed by atoms with E-state index in [0.717, 1.165) is 0 Å². The summed E-state index contributed by atoms with van der Waals surface area (Å²) in [6, 6.07) is 5.41. The van der Waals surface area contributed by atoms with Gasteiger partial charge in [-0.15, -0.1) is 0 Å². The Bertz CT molecular complexity index is 741. The summed E-state index contributed by atoms with van der Waals surface area (Å²) in [5, 5.41) is 2.50. The number of hydrogen-bond donors (Lipinski definition) is 3. The first kappa shape index (κ1) is 22.7. The predicted molar refractivity (Wildman–Crippen MR) is 102 cm³/mol. The molecule has 0 fully saturated rings. The molecular formula is C17H27N3O6S. The Balaban J connectivity index is 2.86. The van der Waals surface area contributed by atoms with Crippen LogP contribution in [0.15, 0.2) is 24.3 Å². The average molecular weight is 401 g/mol. The molecule has 1 rings (SSSR count). The number of hydrogen-bond acceptors (Lipinski definition) is 7. The van der Waals surface area contributed by atoms with Gasteiger partial charge in [0, 0.05) is 12.1 Å². The van der Waals surface area contributed by atoms with Crippen LogP contribution in [0.4, 0.5) is 10.5 Å². The molecule has 1 amide bonds. The smallest absolute Gasteiger partial charge is 0.408 e. The molecule has 152 valence electrons. The number of rotatable bonds is 8. The third-order valence-electron chi connectivity index (χ3n) is 3.15. The van der Waals surface area contributed by atoms with Crippen molar-refractivity contribution < 1.29 is 27.5 Å². The van der Waals surface area contributed by atoms with E-state index in [1.807, 2.05) is 0 Å². The number of amides is 1. The van der Waals surface area contributed by atoms with E-state index in [1.165, 1.54) is 12.1 Å². The Morgan fingerprint density at radius 3 is 2.26 bits per heavy atom. The number of alkyl carbamates (subject to hydrolysis) is 1. The van der Waals surface area contributed by atoms with Crippen LogP contribution in [-0.2, 0) is 30.7 Å². The normalized spacial score (nSPS) is 12.8. The highest BCUT2D eigenvalue weighted by Gasteiger charge is 2.25. The number of carbonyl (C=O) groups excluding carboxylic acids is 2. The van der Waals surface area contributed by atoms with E-state index in [9.17, 15) is 18.0 Å². The van der Waals surface area contributed by atoms with Crippen LogP contribution in [0.25, 0.3) is 0 Å². The van der Waals surface area contributed by atoms with Gasteiger partial charge in [-0.25, -0.2) is 18.0 Å². The number of sulfonamides is 1. The fraction of sp³-hybridized carbons (Fsp3) is 0.529. The Morgan fingerprint density at radius 1 is 1.19 bits per heavy atom. The zero-order valence-electron chi connectivity index (χ0n) is 15.9. The molecule has 0 saturated carbocycles. The molecule has 1 atom stereocenters. The number of nitrogens with two attached hydrogens (primary N) is 1. The quantitative estimate of drug-likeness (QED) is 0.559. The summed E-state index contributed by atoms with van der Waals surface area (Å²) in [4.78, 5) is 24.1. The van der Waals surface area contributed by atoms with Gasteiger partial charge in [-0.2, -0.15) is 0 Å². The van der Waals surface area contributed by atoms with Gasteiger partial charge < -0.3 is 20.5 Å². The number of carbonyl (C=O) groups is 2. The van der Waals surface area contributed by atoms with Crippen LogP contribution in [0.3, 0.4) is 0 Å². The highest BCUT2D eigenvalue weighted by Crippen LogP contribution is 2.14. The number of ether oxygens (including phenoxy) is 2. The lowest BCUT2D eigenvalue weighted by molar-refractivity contribution is -0.145. The van der Waals surface area contributed by atoms with Crippen LogP contribution in [0.2, 0.25) is 0 Å². The standard InChI is InChI=1S/C17H27N3O6S/c1-5-25-15(21)14(19-16(22)26-17(2,3)4)10-12-6-8-13(9-7-12)20-27(23,24)11-18/h6-9,14,20H,5,10-11,18H2,1-4H3,(H,19,22)/t14-/m0/s1. The minimum absolute atomic E-state index is 0.155. The molecule has 0 aliphatic heterocycles. The maximum Gasteiger partial charge on any atom is 0.408 e. The van der Waals surface area contributed by atoms with E-state index in [-0.39, 0.29) is 13.0 Å². The zero-order chi connectivity index (χ0) is 20.7. The van der Waals surface area contributed by atoms with E-state index in [2.05, 4.69) is 10.0 Å². The lowest BCUT2D eigenvalue weighted by Gasteiger charge is -2.23. The van der Waals surface area contributed by atoms with Crippen molar-refractivity contribution in [2.45, 2.75) is 45.8 Å². The van der Waals surface area contributed by atoms with Crippen molar-refractivity contribution in [1.29, 1.82) is 0 Å². The van der Waals surface area contributed by atoms with E-state index in [1.54, 1.807) is 39.8 Å². The van der Waals surface area contributed by atoms with Crippen LogP contribution in [0.1, 0.15) is 33.3 Å². The third-order valence-corrected chi connectivity index (χ3v) is 4.13. The summed E-state index contributed by atoms with van der Waals surface area (Å²) in [5.41, 5.74) is 5.48. The molecular weight excluding hydrogens is 374 g/mol. The second kappa shape index (κ2) is 9.56. The second-order valence-electron chi connectivity index (χ2n) is 6.74. The topological polar surface area (TPSA) is 137 Å². The molecule has 0 saturated heterocycles. The molecule has 0 unspecified atom stereocenters. The van der Waals surface area contributed by atoms with Crippen molar-refractivity contribution in [3.05, 3.63) is 29.8 Å². The molecule has 27 heavy (non-hydrogen) atoms. The summed E-state index contributed by atoms with van der Waals surface area (Å²) in [6.07, 6.45) is -0.574. The molecule has 0 aromatic heterocycles. The predicted octanol–water partition coefficient (Wildman–Crippen LogP) is 1.34. The van der Waals surface area contributed by atoms with Gasteiger partial charge in [0.25, 0.3) is 0 Å². The molecule has 10 heteroatoms. The van der Waals surface area contributed by atoms with Crippen molar-refractivity contribution >= 4 is 27.8 Å². The van der Waals surface area contributed by atoms with Crippen molar-refractivity contribution in [2.24, 2.45) is 5.73 Å². The molecule has 0 aliphatic rings. The molecule has 0 aliphatic carbocycles. The van der Waals surface area contributed by atoms with Gasteiger partial charge in [0.05, 0.1) is 6.61 Å². The van der Waals surface area contributed by atoms with Crippen LogP contribution in [-0.4, -0.2) is 44.6 Å². The van der Waals surface area contributed by atoms with Crippen LogP contribution >= 0.6 is 0 Å². The lowest BCUT2D eigenvalue weighted by Crippen LogP contribution is -2.45. The third kappa shape index (κ3) is 8.74. The largest absolute Gasteiger partial charge is 0.464 e. The van der Waals surface area contributed by atoms with Gasteiger partial charge in [0.2, 0.25) is 10.0 Å². The lowest BCUT2D eigenvalue weighted by atomic mass is 10.1. The number of benzene rings is 1. The van der Waals surface area contributed by atoms with Gasteiger partial charge in [-0.1, -0.05) is 12.1 Å². The summed E-state index contributed by atoms with van der Waals surface area (Å²) >= 11 is 0. The van der Waals surface area contributed by atoms with E-state index in [0.29, 0.717) is 11.3 Å². The Hall–Kier alpha value is -2.33. The average Bonchev–Trinajstić information content (AvgIpc) is 2.54. The number of anilines is 1. The molecule has 1 aromatic carbocycles. The first-order chi connectivity index (χ1) is 12.5. The fourth-order valence-corrected chi connectivity index (χ4v) is 2.63. The van der Waals surface area contributed by atoms with Crippen LogP contribution < -0.4 is 15.8 Å². The molecule has 4 N–H and O–H groups in total. The Kier molecular flexibility index (Phi) is 8.04. The maximum absolute atomic E-state index is 12.1. The van der Waals surface area contributed by atoms with Crippen molar-refractivity contribution in [3.8, 4) is 0 Å². The number of esters is 1. The highest BCUT2D eigenvalue weighted by molar-refractivity contribution is 7.92. The molecule has 0 heterocycles. The molecule has 0 bridgehead atoms. The van der Waals surface area contributed by atoms with Gasteiger partial charge in [0.15, 0.2) is 0 Å². The summed E-state index contributed by atoms with van der Waals surface area (Å²) in [6.45, 7) is 6.99. The van der Waals surface area contributed by atoms with Crippen LogP contribution in [0, 0.1) is 0 Å². The molecule has 1 aromatic rings. The molecule has 0 spiro atoms. The maximum atomic E-state index is 12.1. The minimum Gasteiger partial charge on any atom is -0.464 e. The van der Waals surface area contributed by atoms with Crippen molar-refractivity contribution in [2.75, 3.05) is 17.2 Å². The zero-order valence-corrected chi connectivity index (χ0v) is 16.8. The summed E-state index contributed by atoms with van der Waals surface area (Å²) in [5.74, 6) is -1.12. The molecule has 9 nitrogen and oxygen atoms in total. The first-order valence-electron chi connectivity index (χ1n) is 8.41. The van der Waals surface area contributed by atoms with E-state index in [4.69, 9.17) is 15.2 Å². The van der Waals surface area contributed by atoms with E-state index >= 15 is 0 Å². The highest BCUT2D eigenvalue weighted by atomic mass is 32.2.